The molecule has 0 aliphatic carbocycles. The predicted octanol–water partition coefficient (Wildman–Crippen LogP) is 3.47. The van der Waals surface area contributed by atoms with Gasteiger partial charge in [0.15, 0.2) is 0 Å². The van der Waals surface area contributed by atoms with Crippen LogP contribution in [0.1, 0.15) is 26.3 Å². The van der Waals surface area contributed by atoms with Gasteiger partial charge in [0.05, 0.1) is 17.4 Å². The van der Waals surface area contributed by atoms with E-state index >= 15 is 0 Å². The van der Waals surface area contributed by atoms with Gasteiger partial charge in [0.2, 0.25) is 5.91 Å². The minimum atomic E-state index is -4.49. The Labute approximate surface area is 121 Å². The number of alkyl halides is 3. The normalized spacial score (nSPS) is 11.6. The van der Waals surface area contributed by atoms with E-state index in [0.717, 1.165) is 12.1 Å². The Kier molecular flexibility index (Phi) is 6.02. The van der Waals surface area contributed by atoms with E-state index in [0.29, 0.717) is 6.61 Å². The van der Waals surface area contributed by atoms with Gasteiger partial charge in [0.25, 0.3) is 0 Å². The fraction of sp³-hybridized carbons (Fsp3) is 0.500. The number of benzene rings is 1. The van der Waals surface area contributed by atoms with Crippen LogP contribution in [0.25, 0.3) is 0 Å². The summed E-state index contributed by atoms with van der Waals surface area (Å²) in [4.78, 5) is 11.6. The van der Waals surface area contributed by atoms with Crippen molar-refractivity contribution in [2.24, 2.45) is 0 Å². The lowest BCUT2D eigenvalue weighted by Gasteiger charge is -2.17. The van der Waals surface area contributed by atoms with Gasteiger partial charge in [-0.15, -0.1) is 0 Å². The SMILES string of the molecule is CCOCC(=O)Nc1cc(C(F)(F)F)ccc1OC(C)C. The maximum atomic E-state index is 12.7. The van der Waals surface area contributed by atoms with Crippen LogP contribution in [0.3, 0.4) is 0 Å². The van der Waals surface area contributed by atoms with Crippen LogP contribution in [0, 0.1) is 0 Å². The number of halogens is 3. The summed E-state index contributed by atoms with van der Waals surface area (Å²) in [6.07, 6.45) is -4.72. The van der Waals surface area contributed by atoms with Crippen LogP contribution in [0.4, 0.5) is 18.9 Å². The molecule has 1 N–H and O–H groups in total. The molecular weight excluding hydrogens is 287 g/mol. The Morgan fingerprint density at radius 2 is 2.00 bits per heavy atom. The highest BCUT2D eigenvalue weighted by molar-refractivity contribution is 5.93. The summed E-state index contributed by atoms with van der Waals surface area (Å²) >= 11 is 0. The molecule has 0 bridgehead atoms. The largest absolute Gasteiger partial charge is 0.489 e. The fourth-order valence-electron chi connectivity index (χ4n) is 1.54. The number of ether oxygens (including phenoxy) is 2. The molecule has 1 rings (SSSR count). The summed E-state index contributed by atoms with van der Waals surface area (Å²) in [5.74, 6) is -0.354. The van der Waals surface area contributed by atoms with E-state index in [1.807, 2.05) is 0 Å². The minimum Gasteiger partial charge on any atom is -0.489 e. The van der Waals surface area contributed by atoms with Crippen molar-refractivity contribution in [3.05, 3.63) is 23.8 Å². The summed E-state index contributed by atoms with van der Waals surface area (Å²) in [5.41, 5.74) is -0.881. The number of anilines is 1. The first-order valence-electron chi connectivity index (χ1n) is 6.49. The zero-order valence-electron chi connectivity index (χ0n) is 12.1. The summed E-state index contributed by atoms with van der Waals surface area (Å²) in [6.45, 7) is 5.30. The van der Waals surface area contributed by atoms with Crippen molar-refractivity contribution in [3.8, 4) is 5.75 Å². The van der Waals surface area contributed by atoms with Gasteiger partial charge >= 0.3 is 6.18 Å². The number of hydrogen-bond acceptors (Lipinski definition) is 3. The van der Waals surface area contributed by atoms with Crippen LogP contribution in [-0.4, -0.2) is 25.2 Å². The molecule has 118 valence electrons. The third-order valence-corrected chi connectivity index (χ3v) is 2.38. The van der Waals surface area contributed by atoms with Crippen molar-refractivity contribution in [2.75, 3.05) is 18.5 Å². The first-order chi connectivity index (χ1) is 9.74. The van der Waals surface area contributed by atoms with E-state index in [4.69, 9.17) is 9.47 Å². The van der Waals surface area contributed by atoms with Crippen LogP contribution in [0.15, 0.2) is 18.2 Å². The zero-order chi connectivity index (χ0) is 16.0. The average Bonchev–Trinajstić information content (AvgIpc) is 2.36. The maximum Gasteiger partial charge on any atom is 0.416 e. The number of rotatable bonds is 6. The van der Waals surface area contributed by atoms with Gasteiger partial charge in [-0.05, 0) is 39.0 Å². The van der Waals surface area contributed by atoms with Gasteiger partial charge in [0, 0.05) is 6.61 Å². The van der Waals surface area contributed by atoms with Crippen LogP contribution < -0.4 is 10.1 Å². The van der Waals surface area contributed by atoms with Crippen molar-refractivity contribution in [1.29, 1.82) is 0 Å². The molecule has 7 heteroatoms. The van der Waals surface area contributed by atoms with Crippen molar-refractivity contribution in [3.63, 3.8) is 0 Å². The van der Waals surface area contributed by atoms with Crippen molar-refractivity contribution in [2.45, 2.75) is 33.1 Å². The molecule has 0 unspecified atom stereocenters. The fourth-order valence-corrected chi connectivity index (χ4v) is 1.54. The number of carbonyl (C=O) groups is 1. The van der Waals surface area contributed by atoms with E-state index in [1.165, 1.54) is 6.07 Å². The molecule has 0 aromatic heterocycles. The third-order valence-electron chi connectivity index (χ3n) is 2.38. The average molecular weight is 305 g/mol. The molecule has 1 aromatic carbocycles. The number of hydrogen-bond donors (Lipinski definition) is 1. The smallest absolute Gasteiger partial charge is 0.416 e. The molecule has 0 aliphatic rings. The lowest BCUT2D eigenvalue weighted by atomic mass is 10.1. The van der Waals surface area contributed by atoms with E-state index < -0.39 is 17.6 Å². The van der Waals surface area contributed by atoms with E-state index in [2.05, 4.69) is 5.32 Å². The van der Waals surface area contributed by atoms with Gasteiger partial charge in [-0.2, -0.15) is 13.2 Å². The Morgan fingerprint density at radius 3 is 2.52 bits per heavy atom. The van der Waals surface area contributed by atoms with Crippen LogP contribution in [-0.2, 0) is 15.7 Å². The predicted molar refractivity (Wildman–Crippen MR) is 72.3 cm³/mol. The topological polar surface area (TPSA) is 47.6 Å². The van der Waals surface area contributed by atoms with Gasteiger partial charge in [-0.1, -0.05) is 0 Å². The van der Waals surface area contributed by atoms with E-state index in [1.54, 1.807) is 20.8 Å². The van der Waals surface area contributed by atoms with Crippen molar-refractivity contribution < 1.29 is 27.4 Å². The molecule has 4 nitrogen and oxygen atoms in total. The lowest BCUT2D eigenvalue weighted by molar-refractivity contribution is -0.137. The van der Waals surface area contributed by atoms with Crippen molar-refractivity contribution >= 4 is 11.6 Å². The Balaban J connectivity index is 3.02. The second-order valence-corrected chi connectivity index (χ2v) is 4.56. The molecule has 1 amide bonds. The molecule has 0 heterocycles. The second kappa shape index (κ2) is 7.31. The monoisotopic (exact) mass is 305 g/mol. The Hall–Kier alpha value is -1.76. The summed E-state index contributed by atoms with van der Waals surface area (Å²) in [5, 5.41) is 2.37. The lowest BCUT2D eigenvalue weighted by Crippen LogP contribution is -2.20. The van der Waals surface area contributed by atoms with E-state index in [-0.39, 0.29) is 24.1 Å². The Bertz CT molecular complexity index is 487. The maximum absolute atomic E-state index is 12.7. The second-order valence-electron chi connectivity index (χ2n) is 4.56. The van der Waals surface area contributed by atoms with Crippen molar-refractivity contribution in [1.82, 2.24) is 0 Å². The molecule has 0 aliphatic heterocycles. The van der Waals surface area contributed by atoms with Crippen LogP contribution in [0.2, 0.25) is 0 Å². The highest BCUT2D eigenvalue weighted by Crippen LogP contribution is 2.35. The van der Waals surface area contributed by atoms with Gasteiger partial charge in [0.1, 0.15) is 12.4 Å². The molecule has 0 spiro atoms. The number of carbonyl (C=O) groups excluding carboxylic acids is 1. The highest BCUT2D eigenvalue weighted by Gasteiger charge is 2.31. The molecule has 0 saturated carbocycles. The summed E-state index contributed by atoms with van der Waals surface area (Å²) in [6, 6.07) is 2.95. The molecule has 0 fully saturated rings. The first kappa shape index (κ1) is 17.3. The summed E-state index contributed by atoms with van der Waals surface area (Å²) in [7, 11) is 0. The summed E-state index contributed by atoms with van der Waals surface area (Å²) < 4.78 is 48.5. The number of amides is 1. The standard InChI is InChI=1S/C14H18F3NO3/c1-4-20-8-13(19)18-11-7-10(14(15,16)17)5-6-12(11)21-9(2)3/h5-7,9H,4,8H2,1-3H3,(H,18,19). The third kappa shape index (κ3) is 5.63. The molecule has 0 saturated heterocycles. The van der Waals surface area contributed by atoms with Crippen LogP contribution >= 0.6 is 0 Å². The van der Waals surface area contributed by atoms with Gasteiger partial charge in [-0.3, -0.25) is 4.79 Å². The number of nitrogens with one attached hydrogen (secondary N) is 1. The van der Waals surface area contributed by atoms with E-state index in [9.17, 15) is 18.0 Å². The molecule has 0 atom stereocenters. The minimum absolute atomic E-state index is 0.0248. The molecule has 0 radical (unpaired) electrons. The Morgan fingerprint density at radius 1 is 1.33 bits per heavy atom. The molecule has 21 heavy (non-hydrogen) atoms. The van der Waals surface area contributed by atoms with Crippen LogP contribution in [0.5, 0.6) is 5.75 Å². The zero-order valence-corrected chi connectivity index (χ0v) is 12.1. The molecular formula is C14H18F3NO3. The quantitative estimate of drug-likeness (QED) is 0.875. The highest BCUT2D eigenvalue weighted by atomic mass is 19.4. The van der Waals surface area contributed by atoms with Gasteiger partial charge in [-0.25, -0.2) is 0 Å². The first-order valence-corrected chi connectivity index (χ1v) is 6.49. The molecule has 1 aromatic rings. The van der Waals surface area contributed by atoms with Gasteiger partial charge < -0.3 is 14.8 Å².